The van der Waals surface area contributed by atoms with Crippen LogP contribution in [0.2, 0.25) is 0 Å². The Morgan fingerprint density at radius 1 is 1.10 bits per heavy atom. The summed E-state index contributed by atoms with van der Waals surface area (Å²) in [5.74, 6) is 1.87. The van der Waals surface area contributed by atoms with Gasteiger partial charge < -0.3 is 9.88 Å². The molecule has 0 saturated carbocycles. The maximum Gasteiger partial charge on any atom is 0.416 e. The second kappa shape index (κ2) is 8.18. The summed E-state index contributed by atoms with van der Waals surface area (Å²) >= 11 is 0. The molecule has 1 saturated heterocycles. The molecule has 0 amide bonds. The largest absolute Gasteiger partial charge is 0.416 e. The fourth-order valence-electron chi connectivity index (χ4n) is 3.92. The number of aromatic amines is 2. The molecule has 3 aromatic heterocycles. The molecule has 0 bridgehead atoms. The molecule has 7 nitrogen and oxygen atoms in total. The summed E-state index contributed by atoms with van der Waals surface area (Å²) in [6.45, 7) is 1.59. The van der Waals surface area contributed by atoms with Gasteiger partial charge in [-0.05, 0) is 25.0 Å². The summed E-state index contributed by atoms with van der Waals surface area (Å²) < 4.78 is 39.0. The molecule has 31 heavy (non-hydrogen) atoms. The molecular weight excluding hydrogens is 431 g/mol. The maximum absolute atomic E-state index is 13.0. The Hall–Kier alpha value is -3.14. The monoisotopic (exact) mass is 449 g/mol. The first-order valence-electron chi connectivity index (χ1n) is 9.61. The Labute approximate surface area is 181 Å². The van der Waals surface area contributed by atoms with Crippen molar-refractivity contribution in [1.29, 1.82) is 0 Å². The quantitative estimate of drug-likeness (QED) is 0.478. The lowest BCUT2D eigenvalue weighted by molar-refractivity contribution is -0.137. The first kappa shape index (κ1) is 21.1. The molecule has 2 N–H and O–H groups in total. The van der Waals surface area contributed by atoms with E-state index in [1.54, 1.807) is 18.5 Å². The minimum absolute atomic E-state index is 0. The summed E-state index contributed by atoms with van der Waals surface area (Å²) in [5.41, 5.74) is 1.01. The van der Waals surface area contributed by atoms with Crippen molar-refractivity contribution in [3.05, 3.63) is 54.4 Å². The molecule has 162 valence electrons. The van der Waals surface area contributed by atoms with E-state index >= 15 is 0 Å². The molecule has 4 aromatic rings. The number of benzene rings is 1. The van der Waals surface area contributed by atoms with Gasteiger partial charge in [0, 0.05) is 30.8 Å². The molecule has 1 fully saturated rings. The molecule has 0 spiro atoms. The van der Waals surface area contributed by atoms with Gasteiger partial charge in [0.1, 0.15) is 18.0 Å². The molecule has 1 aliphatic heterocycles. The zero-order valence-corrected chi connectivity index (χ0v) is 17.0. The zero-order valence-electron chi connectivity index (χ0n) is 16.2. The second-order valence-corrected chi connectivity index (χ2v) is 7.34. The zero-order chi connectivity index (χ0) is 20.7. The molecule has 0 radical (unpaired) electrons. The van der Waals surface area contributed by atoms with Crippen LogP contribution >= 0.6 is 12.4 Å². The summed E-state index contributed by atoms with van der Waals surface area (Å²) in [6.07, 6.45) is 2.28. The molecule has 11 heteroatoms. The summed E-state index contributed by atoms with van der Waals surface area (Å²) in [4.78, 5) is 18.5. The average Bonchev–Trinajstić information content (AvgIpc) is 3.43. The summed E-state index contributed by atoms with van der Waals surface area (Å²) in [7, 11) is 0. The van der Waals surface area contributed by atoms with Gasteiger partial charge in [0.2, 0.25) is 0 Å². The predicted molar refractivity (Wildman–Crippen MR) is 112 cm³/mol. The lowest BCUT2D eigenvalue weighted by atomic mass is 9.96. The van der Waals surface area contributed by atoms with E-state index in [9.17, 15) is 13.2 Å². The number of anilines is 1. The van der Waals surface area contributed by atoms with Gasteiger partial charge in [-0.3, -0.25) is 5.10 Å². The van der Waals surface area contributed by atoms with E-state index in [1.807, 2.05) is 0 Å². The van der Waals surface area contributed by atoms with Crippen LogP contribution in [0.5, 0.6) is 0 Å². The number of hydrogen-bond donors (Lipinski definition) is 2. The van der Waals surface area contributed by atoms with Crippen LogP contribution in [0.25, 0.3) is 22.3 Å². The van der Waals surface area contributed by atoms with Crippen LogP contribution in [-0.2, 0) is 6.18 Å². The molecule has 0 aliphatic carbocycles. The van der Waals surface area contributed by atoms with E-state index in [4.69, 9.17) is 0 Å². The van der Waals surface area contributed by atoms with Gasteiger partial charge in [0.25, 0.3) is 0 Å². The molecule has 0 unspecified atom stereocenters. The van der Waals surface area contributed by atoms with Crippen LogP contribution in [0, 0.1) is 0 Å². The number of imidazole rings is 1. The van der Waals surface area contributed by atoms with Crippen molar-refractivity contribution in [1.82, 2.24) is 30.1 Å². The number of alkyl halides is 3. The first-order chi connectivity index (χ1) is 14.5. The molecule has 1 aromatic carbocycles. The van der Waals surface area contributed by atoms with Crippen LogP contribution in [0.15, 0.2) is 43.0 Å². The average molecular weight is 450 g/mol. The Balaban J connectivity index is 0.00000231. The number of hydrogen-bond acceptors (Lipinski definition) is 5. The van der Waals surface area contributed by atoms with E-state index in [2.05, 4.69) is 35.0 Å². The number of piperidine rings is 1. The third kappa shape index (κ3) is 4.07. The summed E-state index contributed by atoms with van der Waals surface area (Å²) in [6, 6.07) is 5.25. The Kier molecular flexibility index (Phi) is 5.57. The van der Waals surface area contributed by atoms with Crippen molar-refractivity contribution in [2.45, 2.75) is 24.9 Å². The van der Waals surface area contributed by atoms with E-state index < -0.39 is 11.7 Å². The molecule has 5 rings (SSSR count). The highest BCUT2D eigenvalue weighted by Crippen LogP contribution is 2.34. The van der Waals surface area contributed by atoms with Gasteiger partial charge in [-0.2, -0.15) is 18.3 Å². The van der Waals surface area contributed by atoms with Crippen molar-refractivity contribution in [3.63, 3.8) is 0 Å². The highest BCUT2D eigenvalue weighted by molar-refractivity contribution is 5.86. The Bertz CT molecular complexity index is 1180. The van der Waals surface area contributed by atoms with Crippen LogP contribution in [0.4, 0.5) is 19.0 Å². The van der Waals surface area contributed by atoms with Crippen LogP contribution < -0.4 is 4.90 Å². The van der Waals surface area contributed by atoms with Gasteiger partial charge >= 0.3 is 6.18 Å². The van der Waals surface area contributed by atoms with Crippen molar-refractivity contribution >= 4 is 29.3 Å². The standard InChI is InChI=1S/C20H18F3N7.ClH/c21-20(22,23)14-3-1-2-13(8-14)16-10-24-17(28-16)12-4-6-30(7-5-12)19-15-9-27-29-18(15)25-11-26-19;/h1-3,8-12H,4-7H2,(H,24,28)(H,25,26,27,29);1H. The van der Waals surface area contributed by atoms with Crippen molar-refractivity contribution in [2.24, 2.45) is 0 Å². The number of H-pyrrole nitrogens is 2. The second-order valence-electron chi connectivity index (χ2n) is 7.34. The lowest BCUT2D eigenvalue weighted by Gasteiger charge is -2.32. The summed E-state index contributed by atoms with van der Waals surface area (Å²) in [5, 5.41) is 7.77. The SMILES string of the molecule is Cl.FC(F)(F)c1cccc(-c2c[nH]c(C3CCN(c4ncnc5[nH]ncc45)CC3)n2)c1. The normalized spacial score (nSPS) is 15.3. The predicted octanol–water partition coefficient (Wildman–Crippen LogP) is 4.57. The highest BCUT2D eigenvalue weighted by Gasteiger charge is 2.31. The topological polar surface area (TPSA) is 86.4 Å². The minimum atomic E-state index is -4.37. The fraction of sp³-hybridized carbons (Fsp3) is 0.300. The van der Waals surface area contributed by atoms with Gasteiger partial charge in [0.05, 0.1) is 22.8 Å². The van der Waals surface area contributed by atoms with E-state index in [0.717, 1.165) is 55.1 Å². The Morgan fingerprint density at radius 3 is 2.68 bits per heavy atom. The number of aromatic nitrogens is 6. The van der Waals surface area contributed by atoms with Gasteiger partial charge in [-0.1, -0.05) is 12.1 Å². The lowest BCUT2D eigenvalue weighted by Crippen LogP contribution is -2.33. The van der Waals surface area contributed by atoms with Crippen molar-refractivity contribution in [2.75, 3.05) is 18.0 Å². The number of nitrogens with zero attached hydrogens (tertiary/aromatic N) is 5. The number of fused-ring (bicyclic) bond motifs is 1. The van der Waals surface area contributed by atoms with Crippen LogP contribution in [-0.4, -0.2) is 43.2 Å². The number of halogens is 4. The molecular formula is C20H19ClF3N7. The van der Waals surface area contributed by atoms with Crippen molar-refractivity contribution in [3.8, 4) is 11.3 Å². The molecule has 0 atom stereocenters. The smallest absolute Gasteiger partial charge is 0.356 e. The third-order valence-corrected chi connectivity index (χ3v) is 5.49. The van der Waals surface area contributed by atoms with E-state index in [1.165, 1.54) is 12.4 Å². The maximum atomic E-state index is 13.0. The van der Waals surface area contributed by atoms with E-state index in [-0.39, 0.29) is 18.3 Å². The molecule has 1 aliphatic rings. The Morgan fingerprint density at radius 2 is 1.90 bits per heavy atom. The number of rotatable bonds is 3. The highest BCUT2D eigenvalue weighted by atomic mass is 35.5. The van der Waals surface area contributed by atoms with Crippen LogP contribution in [0.3, 0.4) is 0 Å². The van der Waals surface area contributed by atoms with Crippen molar-refractivity contribution < 1.29 is 13.2 Å². The van der Waals surface area contributed by atoms with E-state index in [0.29, 0.717) is 16.9 Å². The first-order valence-corrected chi connectivity index (χ1v) is 9.61. The third-order valence-electron chi connectivity index (χ3n) is 5.49. The number of nitrogens with one attached hydrogen (secondary N) is 2. The minimum Gasteiger partial charge on any atom is -0.356 e. The fourth-order valence-corrected chi connectivity index (χ4v) is 3.92. The van der Waals surface area contributed by atoms with Gasteiger partial charge in [-0.25, -0.2) is 15.0 Å². The molecule has 4 heterocycles. The van der Waals surface area contributed by atoms with Crippen LogP contribution in [0.1, 0.15) is 30.1 Å². The van der Waals surface area contributed by atoms with Gasteiger partial charge in [-0.15, -0.1) is 12.4 Å². The van der Waals surface area contributed by atoms with Gasteiger partial charge in [0.15, 0.2) is 5.65 Å².